The van der Waals surface area contributed by atoms with Crippen LogP contribution in [-0.4, -0.2) is 32.1 Å². The number of halogens is 1. The van der Waals surface area contributed by atoms with E-state index in [1.165, 1.54) is 0 Å². The molecule has 3 aromatic rings. The highest BCUT2D eigenvalue weighted by Crippen LogP contribution is 2.49. The van der Waals surface area contributed by atoms with E-state index in [2.05, 4.69) is 11.0 Å². The number of nitrogens with zero attached hydrogens (tertiary/aromatic N) is 1. The zero-order valence-electron chi connectivity index (χ0n) is 16.6. The zero-order chi connectivity index (χ0) is 20.6. The Morgan fingerprint density at radius 2 is 1.72 bits per heavy atom. The van der Waals surface area contributed by atoms with Crippen molar-refractivity contribution in [2.45, 2.75) is 12.1 Å². The fourth-order valence-corrected chi connectivity index (χ4v) is 4.09. The van der Waals surface area contributed by atoms with Gasteiger partial charge in [-0.1, -0.05) is 48.0 Å². The minimum absolute atomic E-state index is 0.350. The van der Waals surface area contributed by atoms with E-state index in [0.29, 0.717) is 22.9 Å². The van der Waals surface area contributed by atoms with Gasteiger partial charge in [-0.25, -0.2) is 4.79 Å². The second kappa shape index (κ2) is 7.54. The van der Waals surface area contributed by atoms with Gasteiger partial charge in [0.1, 0.15) is 5.75 Å². The van der Waals surface area contributed by atoms with Crippen molar-refractivity contribution >= 4 is 17.6 Å². The second-order valence-electron chi connectivity index (χ2n) is 7.38. The van der Waals surface area contributed by atoms with Gasteiger partial charge in [0.15, 0.2) is 5.60 Å². The van der Waals surface area contributed by atoms with Crippen LogP contribution in [0.3, 0.4) is 0 Å². The highest BCUT2D eigenvalue weighted by molar-refractivity contribution is 6.30. The van der Waals surface area contributed by atoms with Gasteiger partial charge in [-0.3, -0.25) is 0 Å². The number of esters is 1. The molecule has 0 saturated carbocycles. The molecule has 0 aliphatic carbocycles. The van der Waals surface area contributed by atoms with Crippen LogP contribution in [0.25, 0.3) is 0 Å². The SMILES string of the molecule is COc1ccc2c(c1)C(c1ccc(Cl)cc1)(c1ccccc1CN(C)C)OC2=O. The third-order valence-electron chi connectivity index (χ3n) is 5.21. The van der Waals surface area contributed by atoms with Gasteiger partial charge in [0.25, 0.3) is 0 Å². The summed E-state index contributed by atoms with van der Waals surface area (Å²) in [6.07, 6.45) is 0. The molecule has 0 N–H and O–H groups in total. The molecule has 0 saturated heterocycles. The van der Waals surface area contributed by atoms with Crippen LogP contribution < -0.4 is 4.74 Å². The maximum absolute atomic E-state index is 12.9. The summed E-state index contributed by atoms with van der Waals surface area (Å²) in [4.78, 5) is 15.0. The standard InChI is InChI=1S/C24H22ClNO3/c1-26(2)15-16-6-4-5-7-21(16)24(17-8-10-18(25)11-9-17)22-14-19(28-3)12-13-20(22)23(27)29-24/h4-14H,15H2,1-3H3. The van der Waals surface area contributed by atoms with Crippen molar-refractivity contribution in [1.29, 1.82) is 0 Å². The molecule has 4 rings (SSSR count). The van der Waals surface area contributed by atoms with Gasteiger partial charge in [-0.15, -0.1) is 0 Å². The van der Waals surface area contributed by atoms with E-state index in [0.717, 1.165) is 22.3 Å². The highest BCUT2D eigenvalue weighted by atomic mass is 35.5. The molecule has 148 valence electrons. The fraction of sp³-hybridized carbons (Fsp3) is 0.208. The van der Waals surface area contributed by atoms with Crippen molar-refractivity contribution in [2.75, 3.05) is 21.2 Å². The number of carbonyl (C=O) groups is 1. The molecule has 1 aliphatic rings. The van der Waals surface area contributed by atoms with E-state index < -0.39 is 5.60 Å². The maximum Gasteiger partial charge on any atom is 0.340 e. The lowest BCUT2D eigenvalue weighted by Gasteiger charge is -2.32. The predicted molar refractivity (Wildman–Crippen MR) is 114 cm³/mol. The van der Waals surface area contributed by atoms with E-state index >= 15 is 0 Å². The lowest BCUT2D eigenvalue weighted by atomic mass is 9.78. The minimum atomic E-state index is -1.07. The molecule has 1 unspecified atom stereocenters. The molecule has 0 radical (unpaired) electrons. The molecular formula is C24H22ClNO3. The molecule has 0 aromatic heterocycles. The summed E-state index contributed by atoms with van der Waals surface area (Å²) in [5.41, 5.74) is 3.09. The van der Waals surface area contributed by atoms with Gasteiger partial charge in [0.2, 0.25) is 0 Å². The number of rotatable bonds is 5. The van der Waals surface area contributed by atoms with E-state index in [4.69, 9.17) is 21.1 Å². The Morgan fingerprint density at radius 3 is 2.41 bits per heavy atom. The zero-order valence-corrected chi connectivity index (χ0v) is 17.4. The number of carbonyl (C=O) groups excluding carboxylic acids is 1. The monoisotopic (exact) mass is 407 g/mol. The van der Waals surface area contributed by atoms with Crippen LogP contribution >= 0.6 is 11.6 Å². The predicted octanol–water partition coefficient (Wildman–Crippen LogP) is 4.87. The Hall–Kier alpha value is -2.82. The first kappa shape index (κ1) is 19.5. The Bertz CT molecular complexity index is 1060. The number of methoxy groups -OCH3 is 1. The maximum atomic E-state index is 12.9. The summed E-state index contributed by atoms with van der Waals surface area (Å²) < 4.78 is 11.7. The van der Waals surface area contributed by atoms with Crippen LogP contribution in [-0.2, 0) is 16.9 Å². The lowest BCUT2D eigenvalue weighted by molar-refractivity contribution is 0.0247. The number of cyclic esters (lactones) is 1. The van der Waals surface area contributed by atoms with Crippen molar-refractivity contribution in [1.82, 2.24) is 4.90 Å². The third kappa shape index (κ3) is 3.28. The summed E-state index contributed by atoms with van der Waals surface area (Å²) in [6, 6.07) is 21.0. The first-order valence-corrected chi connectivity index (χ1v) is 9.74. The summed E-state index contributed by atoms with van der Waals surface area (Å²) in [5.74, 6) is 0.322. The van der Waals surface area contributed by atoms with Crippen LogP contribution in [0.1, 0.15) is 32.6 Å². The van der Waals surface area contributed by atoms with Crippen molar-refractivity contribution in [3.8, 4) is 5.75 Å². The summed E-state index contributed by atoms with van der Waals surface area (Å²) in [7, 11) is 5.65. The molecule has 0 bridgehead atoms. The van der Waals surface area contributed by atoms with E-state index in [-0.39, 0.29) is 5.97 Å². The first-order chi connectivity index (χ1) is 14.0. The Morgan fingerprint density at radius 1 is 1.00 bits per heavy atom. The van der Waals surface area contributed by atoms with Gasteiger partial charge in [-0.2, -0.15) is 0 Å². The quantitative estimate of drug-likeness (QED) is 0.565. The molecule has 1 atom stereocenters. The molecule has 0 fully saturated rings. The number of hydrogen-bond acceptors (Lipinski definition) is 4. The largest absolute Gasteiger partial charge is 0.497 e. The first-order valence-electron chi connectivity index (χ1n) is 9.36. The van der Waals surface area contributed by atoms with Crippen LogP contribution in [0.4, 0.5) is 0 Å². The van der Waals surface area contributed by atoms with E-state index in [9.17, 15) is 4.79 Å². The highest BCUT2D eigenvalue weighted by Gasteiger charge is 2.49. The number of fused-ring (bicyclic) bond motifs is 1. The topological polar surface area (TPSA) is 38.8 Å². The van der Waals surface area contributed by atoms with Crippen molar-refractivity contribution in [3.05, 3.63) is 99.6 Å². The number of hydrogen-bond donors (Lipinski definition) is 0. The molecular weight excluding hydrogens is 386 g/mol. The Balaban J connectivity index is 2.05. The number of benzene rings is 3. The molecule has 1 heterocycles. The molecule has 29 heavy (non-hydrogen) atoms. The molecule has 4 nitrogen and oxygen atoms in total. The van der Waals surface area contributed by atoms with Crippen LogP contribution in [0.5, 0.6) is 5.75 Å². The van der Waals surface area contributed by atoms with Gasteiger partial charge in [-0.05, 0) is 50.0 Å². The van der Waals surface area contributed by atoms with Crippen LogP contribution in [0.2, 0.25) is 5.02 Å². The fourth-order valence-electron chi connectivity index (χ4n) is 3.97. The van der Waals surface area contributed by atoms with Crippen LogP contribution in [0.15, 0.2) is 66.7 Å². The van der Waals surface area contributed by atoms with Crippen molar-refractivity contribution in [2.24, 2.45) is 0 Å². The molecule has 5 heteroatoms. The summed E-state index contributed by atoms with van der Waals surface area (Å²) in [5, 5.41) is 0.626. The van der Waals surface area contributed by atoms with Crippen molar-refractivity contribution < 1.29 is 14.3 Å². The number of ether oxygens (including phenoxy) is 2. The normalized spacial score (nSPS) is 17.9. The van der Waals surface area contributed by atoms with Gasteiger partial charge in [0.05, 0.1) is 12.7 Å². The molecule has 0 amide bonds. The van der Waals surface area contributed by atoms with Gasteiger partial charge in [0, 0.05) is 28.3 Å². The van der Waals surface area contributed by atoms with Crippen molar-refractivity contribution in [3.63, 3.8) is 0 Å². The van der Waals surface area contributed by atoms with Gasteiger partial charge < -0.3 is 14.4 Å². The van der Waals surface area contributed by atoms with E-state index in [1.54, 1.807) is 19.2 Å². The minimum Gasteiger partial charge on any atom is -0.497 e. The van der Waals surface area contributed by atoms with Crippen LogP contribution in [0, 0.1) is 0 Å². The molecule has 0 spiro atoms. The van der Waals surface area contributed by atoms with E-state index in [1.807, 2.05) is 62.6 Å². The van der Waals surface area contributed by atoms with Gasteiger partial charge >= 0.3 is 5.97 Å². The summed E-state index contributed by atoms with van der Waals surface area (Å²) >= 11 is 6.15. The second-order valence-corrected chi connectivity index (χ2v) is 7.82. The summed E-state index contributed by atoms with van der Waals surface area (Å²) in [6.45, 7) is 0.711. The molecule has 1 aliphatic heterocycles. The average Bonchev–Trinajstić information content (AvgIpc) is 3.01. The average molecular weight is 408 g/mol. The lowest BCUT2D eigenvalue weighted by Crippen LogP contribution is -2.31. The Labute approximate surface area is 175 Å². The third-order valence-corrected chi connectivity index (χ3v) is 5.46. The smallest absolute Gasteiger partial charge is 0.340 e. The Kier molecular flexibility index (Phi) is 5.07. The molecule has 3 aromatic carbocycles.